The molecule has 0 N–H and O–H groups in total. The zero-order chi connectivity index (χ0) is 17.1. The van der Waals surface area contributed by atoms with Gasteiger partial charge in [-0.15, -0.1) is 0 Å². The van der Waals surface area contributed by atoms with Crippen LogP contribution in [0.3, 0.4) is 0 Å². The first-order valence-corrected chi connectivity index (χ1v) is 7.81. The molecule has 0 amide bonds. The van der Waals surface area contributed by atoms with E-state index in [1.165, 1.54) is 13.8 Å². The number of hydrogen-bond donors (Lipinski definition) is 0. The summed E-state index contributed by atoms with van der Waals surface area (Å²) in [5, 5.41) is 0. The summed E-state index contributed by atoms with van der Waals surface area (Å²) in [6.07, 6.45) is -3.35. The van der Waals surface area contributed by atoms with Gasteiger partial charge in [0.1, 0.15) is 12.2 Å². The van der Waals surface area contributed by atoms with E-state index in [9.17, 15) is 9.59 Å². The summed E-state index contributed by atoms with van der Waals surface area (Å²) in [5.74, 6) is -0.959. The highest BCUT2D eigenvalue weighted by Gasteiger charge is 2.54. The maximum absolute atomic E-state index is 11.5. The molecule has 2 saturated heterocycles. The van der Waals surface area contributed by atoms with E-state index in [2.05, 4.69) is 0 Å². The summed E-state index contributed by atoms with van der Waals surface area (Å²) >= 11 is 0. The van der Waals surface area contributed by atoms with Crippen molar-refractivity contribution in [3.05, 3.63) is 35.9 Å². The third-order valence-electron chi connectivity index (χ3n) is 3.91. The highest BCUT2D eigenvalue weighted by Crippen LogP contribution is 2.34. The molecule has 1 aromatic carbocycles. The summed E-state index contributed by atoms with van der Waals surface area (Å²) in [6.45, 7) is 3.15. The minimum Gasteiger partial charge on any atom is -0.456 e. The lowest BCUT2D eigenvalue weighted by Gasteiger charge is -2.39. The van der Waals surface area contributed by atoms with Crippen molar-refractivity contribution < 1.29 is 33.3 Å². The van der Waals surface area contributed by atoms with Crippen molar-refractivity contribution in [2.75, 3.05) is 6.61 Å². The number of carbonyl (C=O) groups is 2. The molecule has 2 bridgehead atoms. The van der Waals surface area contributed by atoms with Crippen LogP contribution in [0, 0.1) is 0 Å². The van der Waals surface area contributed by atoms with Crippen LogP contribution in [0.5, 0.6) is 0 Å². The number of hydrogen-bond acceptors (Lipinski definition) is 7. The van der Waals surface area contributed by atoms with Gasteiger partial charge in [-0.3, -0.25) is 9.59 Å². The molecule has 0 spiro atoms. The Morgan fingerprint density at radius 2 is 1.71 bits per heavy atom. The minimum absolute atomic E-state index is 0.256. The second-order valence-electron chi connectivity index (χ2n) is 5.79. The lowest BCUT2D eigenvalue weighted by Crippen LogP contribution is -2.57. The van der Waals surface area contributed by atoms with Crippen molar-refractivity contribution >= 4 is 11.9 Å². The molecule has 7 nitrogen and oxygen atoms in total. The molecule has 5 atom stereocenters. The van der Waals surface area contributed by atoms with Gasteiger partial charge in [0, 0.05) is 13.8 Å². The van der Waals surface area contributed by atoms with Gasteiger partial charge in [-0.25, -0.2) is 0 Å². The standard InChI is InChI=1S/C17H20O7/c1-10(18)22-14-13-9-21-17(24-13)16(15(14)23-11(2)19)20-8-12-6-4-3-5-7-12/h3-7,13-17H,8-9H2,1-2H3/t13-,14+,15+,16-,17-/m1/s1. The Morgan fingerprint density at radius 3 is 2.38 bits per heavy atom. The SMILES string of the molecule is CC(=O)O[C@H]1[C@@H](OC(C)=O)[C@H]2CO[C@H](O2)[C@@H]1OCc1ccccc1. The molecule has 1 aromatic rings. The summed E-state index contributed by atoms with van der Waals surface area (Å²) in [7, 11) is 0. The predicted octanol–water partition coefficient (Wildman–Crippen LogP) is 1.19. The Balaban J connectivity index is 1.77. The minimum atomic E-state index is -0.777. The van der Waals surface area contributed by atoms with Gasteiger partial charge in [-0.2, -0.15) is 0 Å². The van der Waals surface area contributed by atoms with Gasteiger partial charge in [0.25, 0.3) is 0 Å². The Bertz CT molecular complexity index is 588. The van der Waals surface area contributed by atoms with E-state index in [1.807, 2.05) is 30.3 Å². The van der Waals surface area contributed by atoms with Crippen LogP contribution in [-0.2, 0) is 39.9 Å². The molecule has 2 fully saturated rings. The normalized spacial score (nSPS) is 31.5. The molecule has 0 aliphatic carbocycles. The quantitative estimate of drug-likeness (QED) is 0.747. The van der Waals surface area contributed by atoms with Crippen molar-refractivity contribution in [1.82, 2.24) is 0 Å². The van der Waals surface area contributed by atoms with E-state index >= 15 is 0 Å². The number of ether oxygens (including phenoxy) is 5. The maximum atomic E-state index is 11.5. The van der Waals surface area contributed by atoms with Crippen LogP contribution in [0.4, 0.5) is 0 Å². The molecule has 2 aliphatic heterocycles. The smallest absolute Gasteiger partial charge is 0.303 e. The highest BCUT2D eigenvalue weighted by molar-refractivity contribution is 5.67. The van der Waals surface area contributed by atoms with Gasteiger partial charge in [-0.1, -0.05) is 30.3 Å². The Kier molecular flexibility index (Phi) is 5.13. The average molecular weight is 336 g/mol. The van der Waals surface area contributed by atoms with Crippen LogP contribution in [0.1, 0.15) is 19.4 Å². The van der Waals surface area contributed by atoms with Crippen molar-refractivity contribution in [1.29, 1.82) is 0 Å². The molecule has 2 aliphatic rings. The second kappa shape index (κ2) is 7.29. The zero-order valence-corrected chi connectivity index (χ0v) is 13.5. The van der Waals surface area contributed by atoms with E-state index in [1.54, 1.807) is 0 Å². The third kappa shape index (κ3) is 3.75. The van der Waals surface area contributed by atoms with Crippen molar-refractivity contribution in [2.24, 2.45) is 0 Å². The maximum Gasteiger partial charge on any atom is 0.303 e. The molecule has 0 radical (unpaired) electrons. The van der Waals surface area contributed by atoms with E-state index < -0.39 is 42.6 Å². The fourth-order valence-corrected chi connectivity index (χ4v) is 2.94. The van der Waals surface area contributed by atoms with Gasteiger partial charge in [-0.05, 0) is 5.56 Å². The second-order valence-corrected chi connectivity index (χ2v) is 5.79. The highest BCUT2D eigenvalue weighted by atomic mass is 16.8. The molecular formula is C17H20O7. The van der Waals surface area contributed by atoms with Gasteiger partial charge in [0.15, 0.2) is 18.5 Å². The first kappa shape index (κ1) is 16.9. The van der Waals surface area contributed by atoms with Gasteiger partial charge < -0.3 is 23.7 Å². The van der Waals surface area contributed by atoms with Gasteiger partial charge >= 0.3 is 11.9 Å². The molecular weight excluding hydrogens is 316 g/mol. The molecule has 130 valence electrons. The topological polar surface area (TPSA) is 80.3 Å². The summed E-state index contributed by atoms with van der Waals surface area (Å²) in [5.41, 5.74) is 0.961. The number of rotatable bonds is 5. The molecule has 0 unspecified atom stereocenters. The van der Waals surface area contributed by atoms with Crippen LogP contribution < -0.4 is 0 Å². The Labute approximate surface area is 139 Å². The lowest BCUT2D eigenvalue weighted by atomic mass is 10.00. The number of carbonyl (C=O) groups excluding carboxylic acids is 2. The van der Waals surface area contributed by atoms with Crippen LogP contribution >= 0.6 is 0 Å². The Morgan fingerprint density at radius 1 is 1.04 bits per heavy atom. The molecule has 0 aromatic heterocycles. The van der Waals surface area contributed by atoms with Crippen LogP contribution in [0.25, 0.3) is 0 Å². The fourth-order valence-electron chi connectivity index (χ4n) is 2.94. The van der Waals surface area contributed by atoms with E-state index in [0.717, 1.165) is 5.56 Å². The summed E-state index contributed by atoms with van der Waals surface area (Å²) < 4.78 is 27.9. The summed E-state index contributed by atoms with van der Waals surface area (Å²) in [4.78, 5) is 22.9. The van der Waals surface area contributed by atoms with Crippen LogP contribution in [0.15, 0.2) is 30.3 Å². The largest absolute Gasteiger partial charge is 0.456 e. The van der Waals surface area contributed by atoms with E-state index in [4.69, 9.17) is 23.7 Å². The number of esters is 2. The molecule has 2 heterocycles. The number of fused-ring (bicyclic) bond motifs is 2. The first-order chi connectivity index (χ1) is 11.5. The molecule has 0 saturated carbocycles. The van der Waals surface area contributed by atoms with Gasteiger partial charge in [0.2, 0.25) is 0 Å². The third-order valence-corrected chi connectivity index (χ3v) is 3.91. The monoisotopic (exact) mass is 336 g/mol. The molecule has 3 rings (SSSR count). The number of benzene rings is 1. The lowest BCUT2D eigenvalue weighted by molar-refractivity contribution is -0.256. The van der Waals surface area contributed by atoms with Crippen LogP contribution in [-0.4, -0.2) is 49.3 Å². The van der Waals surface area contributed by atoms with Gasteiger partial charge in [0.05, 0.1) is 13.2 Å². The first-order valence-electron chi connectivity index (χ1n) is 7.81. The van der Waals surface area contributed by atoms with Crippen molar-refractivity contribution in [3.63, 3.8) is 0 Å². The molecule has 7 heteroatoms. The average Bonchev–Trinajstić information content (AvgIpc) is 2.97. The summed E-state index contributed by atoms with van der Waals surface area (Å²) in [6, 6.07) is 9.57. The van der Waals surface area contributed by atoms with E-state index in [0.29, 0.717) is 6.61 Å². The van der Waals surface area contributed by atoms with Crippen molar-refractivity contribution in [3.8, 4) is 0 Å². The zero-order valence-electron chi connectivity index (χ0n) is 13.5. The Hall–Kier alpha value is -1.96. The van der Waals surface area contributed by atoms with E-state index in [-0.39, 0.29) is 6.61 Å². The fraction of sp³-hybridized carbons (Fsp3) is 0.529. The predicted molar refractivity (Wildman–Crippen MR) is 80.7 cm³/mol. The van der Waals surface area contributed by atoms with Crippen molar-refractivity contribution in [2.45, 2.75) is 51.2 Å². The van der Waals surface area contributed by atoms with Crippen LogP contribution in [0.2, 0.25) is 0 Å². The molecule has 24 heavy (non-hydrogen) atoms.